The zero-order valence-corrected chi connectivity index (χ0v) is 10.6. The predicted molar refractivity (Wildman–Crippen MR) is 70.4 cm³/mol. The minimum absolute atomic E-state index is 0.0220. The maximum atomic E-state index is 10.7. The van der Waals surface area contributed by atoms with Gasteiger partial charge >= 0.3 is 5.97 Å². The molecular formula is C14H19NO2. The van der Waals surface area contributed by atoms with E-state index in [1.54, 1.807) is 0 Å². The third-order valence-corrected chi connectivity index (χ3v) is 2.53. The molecule has 0 aliphatic heterocycles. The summed E-state index contributed by atoms with van der Waals surface area (Å²) >= 11 is 0. The molecular weight excluding hydrogens is 214 g/mol. The molecule has 0 saturated carbocycles. The normalized spacial score (nSPS) is 11.0. The van der Waals surface area contributed by atoms with E-state index in [2.05, 4.69) is 32.7 Å². The van der Waals surface area contributed by atoms with Crippen molar-refractivity contribution in [2.75, 3.05) is 11.9 Å². The molecule has 0 bridgehead atoms. The largest absolute Gasteiger partial charge is 0.478 e. The lowest BCUT2D eigenvalue weighted by atomic mass is 9.86. The van der Waals surface area contributed by atoms with Gasteiger partial charge in [-0.15, -0.1) is 0 Å². The van der Waals surface area contributed by atoms with E-state index in [1.807, 2.05) is 24.3 Å². The zero-order valence-electron chi connectivity index (χ0n) is 10.6. The van der Waals surface area contributed by atoms with Crippen molar-refractivity contribution in [1.29, 1.82) is 0 Å². The quantitative estimate of drug-likeness (QED) is 0.786. The minimum atomic E-state index is -0.967. The number of rotatable bonds is 4. The summed E-state index contributed by atoms with van der Waals surface area (Å²) in [4.78, 5) is 10.7. The van der Waals surface area contributed by atoms with Gasteiger partial charge in [-0.25, -0.2) is 4.79 Å². The number of hydrogen-bond donors (Lipinski definition) is 2. The summed E-state index contributed by atoms with van der Waals surface area (Å²) in [6.45, 7) is 10.1. The van der Waals surface area contributed by atoms with Crippen molar-refractivity contribution in [1.82, 2.24) is 0 Å². The van der Waals surface area contributed by atoms with Crippen LogP contribution in [0.3, 0.4) is 0 Å². The fourth-order valence-electron chi connectivity index (χ4n) is 1.57. The third-order valence-electron chi connectivity index (χ3n) is 2.53. The fraction of sp³-hybridized carbons (Fsp3) is 0.357. The average Bonchev–Trinajstić information content (AvgIpc) is 2.24. The molecule has 0 amide bonds. The van der Waals surface area contributed by atoms with Gasteiger partial charge in [0.25, 0.3) is 0 Å². The molecule has 17 heavy (non-hydrogen) atoms. The second kappa shape index (κ2) is 5.04. The van der Waals surface area contributed by atoms with Crippen molar-refractivity contribution in [3.63, 3.8) is 0 Å². The van der Waals surface area contributed by atoms with Gasteiger partial charge in [-0.1, -0.05) is 45.5 Å². The van der Waals surface area contributed by atoms with Crippen molar-refractivity contribution in [2.24, 2.45) is 0 Å². The first-order valence-corrected chi connectivity index (χ1v) is 5.57. The lowest BCUT2D eigenvalue weighted by Crippen LogP contribution is -2.17. The molecule has 3 heteroatoms. The highest BCUT2D eigenvalue weighted by molar-refractivity contribution is 5.86. The van der Waals surface area contributed by atoms with Crippen LogP contribution in [-0.2, 0) is 10.2 Å². The smallest absolute Gasteiger partial charge is 0.332 e. The van der Waals surface area contributed by atoms with Crippen LogP contribution in [0.4, 0.5) is 5.69 Å². The number of hydrogen-bond acceptors (Lipinski definition) is 2. The molecule has 0 saturated heterocycles. The highest BCUT2D eigenvalue weighted by Gasteiger charge is 2.17. The van der Waals surface area contributed by atoms with Gasteiger partial charge in [0.1, 0.15) is 0 Å². The number of aliphatic carboxylic acids is 1. The summed E-state index contributed by atoms with van der Waals surface area (Å²) in [5.41, 5.74) is 2.31. The van der Waals surface area contributed by atoms with Crippen LogP contribution in [0.15, 0.2) is 36.4 Å². The summed E-state index contributed by atoms with van der Waals surface area (Å²) < 4.78 is 0. The van der Waals surface area contributed by atoms with Crippen molar-refractivity contribution in [3.05, 3.63) is 42.0 Å². The van der Waals surface area contributed by atoms with Crippen LogP contribution >= 0.6 is 0 Å². The van der Waals surface area contributed by atoms with Gasteiger partial charge in [-0.2, -0.15) is 0 Å². The third kappa shape index (κ3) is 3.63. The Morgan fingerprint density at radius 1 is 1.35 bits per heavy atom. The molecule has 0 aromatic heterocycles. The van der Waals surface area contributed by atoms with Gasteiger partial charge in [-0.05, 0) is 17.0 Å². The van der Waals surface area contributed by atoms with E-state index in [0.29, 0.717) is 0 Å². The van der Waals surface area contributed by atoms with E-state index in [4.69, 9.17) is 5.11 Å². The zero-order chi connectivity index (χ0) is 13.1. The molecule has 92 valence electrons. The first-order valence-electron chi connectivity index (χ1n) is 5.57. The van der Waals surface area contributed by atoms with E-state index < -0.39 is 5.97 Å². The Kier molecular flexibility index (Phi) is 3.94. The lowest BCUT2D eigenvalue weighted by Gasteiger charge is -2.23. The van der Waals surface area contributed by atoms with E-state index in [9.17, 15) is 4.79 Å². The number of nitrogens with one attached hydrogen (secondary N) is 1. The molecule has 0 spiro atoms. The van der Waals surface area contributed by atoms with Crippen molar-refractivity contribution < 1.29 is 9.90 Å². The van der Waals surface area contributed by atoms with Crippen LogP contribution < -0.4 is 5.32 Å². The Labute approximate surface area is 102 Å². The van der Waals surface area contributed by atoms with Crippen LogP contribution in [0.25, 0.3) is 0 Å². The van der Waals surface area contributed by atoms with Crippen molar-refractivity contribution in [3.8, 4) is 0 Å². The van der Waals surface area contributed by atoms with Crippen LogP contribution in [0.5, 0.6) is 0 Å². The van der Waals surface area contributed by atoms with Crippen molar-refractivity contribution in [2.45, 2.75) is 26.2 Å². The molecule has 0 aliphatic rings. The minimum Gasteiger partial charge on any atom is -0.478 e. The SMILES string of the molecule is C=C(CNc1ccccc1C(C)(C)C)C(=O)O. The van der Waals surface area contributed by atoms with E-state index in [0.717, 1.165) is 11.3 Å². The second-order valence-electron chi connectivity index (χ2n) is 5.06. The van der Waals surface area contributed by atoms with Gasteiger partial charge in [-0.3, -0.25) is 0 Å². The van der Waals surface area contributed by atoms with Crippen molar-refractivity contribution >= 4 is 11.7 Å². The first kappa shape index (κ1) is 13.3. The Morgan fingerprint density at radius 2 is 1.94 bits per heavy atom. The number of benzene rings is 1. The van der Waals surface area contributed by atoms with Crippen LogP contribution in [0.1, 0.15) is 26.3 Å². The Hall–Kier alpha value is -1.77. The van der Waals surface area contributed by atoms with Crippen LogP contribution in [0, 0.1) is 0 Å². The van der Waals surface area contributed by atoms with Gasteiger partial charge in [0, 0.05) is 17.8 Å². The fourth-order valence-corrected chi connectivity index (χ4v) is 1.57. The highest BCUT2D eigenvalue weighted by Crippen LogP contribution is 2.29. The summed E-state index contributed by atoms with van der Waals surface area (Å²) in [5.74, 6) is -0.967. The molecule has 0 heterocycles. The molecule has 0 radical (unpaired) electrons. The lowest BCUT2D eigenvalue weighted by molar-refractivity contribution is -0.132. The molecule has 0 fully saturated rings. The summed E-state index contributed by atoms with van der Waals surface area (Å²) in [7, 11) is 0. The van der Waals surface area contributed by atoms with Gasteiger partial charge in [0.15, 0.2) is 0 Å². The van der Waals surface area contributed by atoms with Crippen LogP contribution in [0.2, 0.25) is 0 Å². The molecule has 1 aromatic rings. The highest BCUT2D eigenvalue weighted by atomic mass is 16.4. The number of carboxylic acid groups (broad SMARTS) is 1. The Bertz CT molecular complexity index is 430. The van der Waals surface area contributed by atoms with Gasteiger partial charge < -0.3 is 10.4 Å². The molecule has 0 unspecified atom stereocenters. The topological polar surface area (TPSA) is 49.3 Å². The predicted octanol–water partition coefficient (Wildman–Crippen LogP) is 3.04. The van der Waals surface area contributed by atoms with E-state index in [-0.39, 0.29) is 17.5 Å². The van der Waals surface area contributed by atoms with E-state index in [1.165, 1.54) is 0 Å². The first-order chi connectivity index (χ1) is 7.82. The summed E-state index contributed by atoms with van der Waals surface area (Å²) in [6.07, 6.45) is 0. The van der Waals surface area contributed by atoms with E-state index >= 15 is 0 Å². The monoisotopic (exact) mass is 233 g/mol. The molecule has 3 nitrogen and oxygen atoms in total. The standard InChI is InChI=1S/C14H19NO2/c1-10(13(16)17)9-15-12-8-6-5-7-11(12)14(2,3)4/h5-8,15H,1,9H2,2-4H3,(H,16,17). The number of para-hydroxylation sites is 1. The molecule has 0 atom stereocenters. The van der Waals surface area contributed by atoms with Crippen LogP contribution in [-0.4, -0.2) is 17.6 Å². The number of carbonyl (C=O) groups is 1. The number of carboxylic acids is 1. The molecule has 1 rings (SSSR count). The molecule has 0 aliphatic carbocycles. The van der Waals surface area contributed by atoms with Gasteiger partial charge in [0.05, 0.1) is 0 Å². The summed E-state index contributed by atoms with van der Waals surface area (Å²) in [6, 6.07) is 7.92. The Balaban J connectivity index is 2.85. The average molecular weight is 233 g/mol. The number of anilines is 1. The maximum Gasteiger partial charge on any atom is 0.332 e. The molecule has 1 aromatic carbocycles. The Morgan fingerprint density at radius 3 is 2.47 bits per heavy atom. The van der Waals surface area contributed by atoms with Gasteiger partial charge in [0.2, 0.25) is 0 Å². The molecule has 2 N–H and O–H groups in total. The maximum absolute atomic E-state index is 10.7. The second-order valence-corrected chi connectivity index (χ2v) is 5.06. The summed E-state index contributed by atoms with van der Waals surface area (Å²) in [5, 5.41) is 11.9.